The number of ether oxygens (including phenoxy) is 1. The van der Waals surface area contributed by atoms with Crippen LogP contribution in [0.4, 0.5) is 10.8 Å². The van der Waals surface area contributed by atoms with Gasteiger partial charge >= 0.3 is 0 Å². The van der Waals surface area contributed by atoms with Crippen molar-refractivity contribution in [1.29, 1.82) is 0 Å². The van der Waals surface area contributed by atoms with E-state index in [0.29, 0.717) is 3.95 Å². The molecule has 0 spiro atoms. The first-order chi connectivity index (χ1) is 7.70. The van der Waals surface area contributed by atoms with Gasteiger partial charge in [-0.2, -0.15) is 0 Å². The fraction of sp³-hybridized carbons (Fsp3) is 0.200. The number of hydrogen-bond acceptors (Lipinski definition) is 5. The van der Waals surface area contributed by atoms with E-state index in [1.54, 1.807) is 7.11 Å². The molecule has 0 unspecified atom stereocenters. The second-order valence-electron chi connectivity index (χ2n) is 3.16. The molecule has 0 saturated heterocycles. The van der Waals surface area contributed by atoms with E-state index in [4.69, 9.17) is 17.0 Å². The molecule has 6 heteroatoms. The lowest BCUT2D eigenvalue weighted by atomic mass is 10.3. The third-order valence-electron chi connectivity index (χ3n) is 2.15. The molecule has 0 aliphatic carbocycles. The summed E-state index contributed by atoms with van der Waals surface area (Å²) in [7, 11) is 3.59. The summed E-state index contributed by atoms with van der Waals surface area (Å²) in [6.45, 7) is 0. The molecule has 1 aromatic carbocycles. The van der Waals surface area contributed by atoms with Crippen molar-refractivity contribution in [3.8, 4) is 5.75 Å². The molecule has 0 bridgehead atoms. The van der Waals surface area contributed by atoms with Gasteiger partial charge in [0.2, 0.25) is 5.13 Å². The number of aromatic nitrogens is 2. The summed E-state index contributed by atoms with van der Waals surface area (Å²) in [5.74, 6) is 0.823. The van der Waals surface area contributed by atoms with Gasteiger partial charge in [-0.1, -0.05) is 17.4 Å². The van der Waals surface area contributed by atoms with Crippen molar-refractivity contribution < 1.29 is 4.74 Å². The monoisotopic (exact) mass is 253 g/mol. The van der Waals surface area contributed by atoms with Gasteiger partial charge in [-0.15, -0.1) is 5.10 Å². The van der Waals surface area contributed by atoms with Crippen LogP contribution in [0.15, 0.2) is 24.3 Å². The zero-order valence-corrected chi connectivity index (χ0v) is 10.6. The summed E-state index contributed by atoms with van der Waals surface area (Å²) in [6.07, 6.45) is 0. The van der Waals surface area contributed by atoms with Crippen molar-refractivity contribution in [2.24, 2.45) is 0 Å². The minimum Gasteiger partial charge on any atom is -0.497 e. The maximum absolute atomic E-state index is 5.17. The lowest BCUT2D eigenvalue weighted by molar-refractivity contribution is 0.415. The van der Waals surface area contributed by atoms with Crippen LogP contribution >= 0.6 is 23.6 Å². The fourth-order valence-electron chi connectivity index (χ4n) is 1.30. The van der Waals surface area contributed by atoms with E-state index in [0.717, 1.165) is 16.6 Å². The van der Waals surface area contributed by atoms with Crippen LogP contribution in [0, 0.1) is 3.95 Å². The molecule has 1 heterocycles. The molecule has 0 amide bonds. The van der Waals surface area contributed by atoms with Crippen molar-refractivity contribution in [1.82, 2.24) is 10.2 Å². The standard InChI is InChI=1S/C10H11N3OS2/c1-13(9-11-12-10(15)16-9)7-4-3-5-8(6-7)14-2/h3-6H,1-2H3,(H,12,15). The zero-order valence-electron chi connectivity index (χ0n) is 8.93. The molecule has 0 atom stereocenters. The summed E-state index contributed by atoms with van der Waals surface area (Å²) >= 11 is 6.44. The summed E-state index contributed by atoms with van der Waals surface area (Å²) in [6, 6.07) is 7.79. The molecule has 16 heavy (non-hydrogen) atoms. The first kappa shape index (κ1) is 11.1. The Kier molecular flexibility index (Phi) is 3.21. The molecule has 1 aromatic heterocycles. The van der Waals surface area contributed by atoms with Gasteiger partial charge in [-0.05, 0) is 24.4 Å². The van der Waals surface area contributed by atoms with Crippen LogP contribution in [-0.2, 0) is 0 Å². The van der Waals surface area contributed by atoms with Crippen LogP contribution in [0.2, 0.25) is 0 Å². The highest BCUT2D eigenvalue weighted by atomic mass is 32.1. The Morgan fingerprint density at radius 2 is 2.31 bits per heavy atom. The minimum absolute atomic E-state index is 0.671. The van der Waals surface area contributed by atoms with E-state index in [-0.39, 0.29) is 0 Å². The zero-order chi connectivity index (χ0) is 11.5. The largest absolute Gasteiger partial charge is 0.497 e. The molecular formula is C10H11N3OS2. The average molecular weight is 253 g/mol. The normalized spacial score (nSPS) is 10.1. The number of benzene rings is 1. The SMILES string of the molecule is COc1cccc(N(C)c2n[nH]c(=S)s2)c1. The first-order valence-corrected chi connectivity index (χ1v) is 5.86. The number of aromatic amines is 1. The second kappa shape index (κ2) is 4.63. The van der Waals surface area contributed by atoms with Gasteiger partial charge in [-0.3, -0.25) is 5.10 Å². The van der Waals surface area contributed by atoms with Crippen molar-refractivity contribution in [2.75, 3.05) is 19.1 Å². The maximum Gasteiger partial charge on any atom is 0.211 e. The molecule has 2 rings (SSSR count). The molecule has 0 radical (unpaired) electrons. The third-order valence-corrected chi connectivity index (χ3v) is 3.32. The van der Waals surface area contributed by atoms with Gasteiger partial charge in [0.1, 0.15) is 5.75 Å². The van der Waals surface area contributed by atoms with Gasteiger partial charge in [0, 0.05) is 18.8 Å². The predicted molar refractivity (Wildman–Crippen MR) is 68.4 cm³/mol. The summed E-state index contributed by atoms with van der Waals surface area (Å²) in [5.41, 5.74) is 1.01. The number of H-pyrrole nitrogens is 1. The molecule has 4 nitrogen and oxygen atoms in total. The van der Waals surface area contributed by atoms with Crippen LogP contribution in [0.3, 0.4) is 0 Å². The summed E-state index contributed by atoms with van der Waals surface area (Å²) in [4.78, 5) is 1.96. The van der Waals surface area contributed by atoms with Crippen LogP contribution < -0.4 is 9.64 Å². The molecule has 0 aliphatic rings. The Morgan fingerprint density at radius 3 is 2.94 bits per heavy atom. The Morgan fingerprint density at radius 1 is 1.50 bits per heavy atom. The van der Waals surface area contributed by atoms with Crippen LogP contribution in [0.5, 0.6) is 5.75 Å². The molecule has 0 fully saturated rings. The highest BCUT2D eigenvalue weighted by Gasteiger charge is 2.07. The number of nitrogens with zero attached hydrogens (tertiary/aromatic N) is 2. The molecule has 0 aliphatic heterocycles. The number of anilines is 2. The van der Waals surface area contributed by atoms with E-state index in [9.17, 15) is 0 Å². The van der Waals surface area contributed by atoms with Crippen molar-refractivity contribution in [3.63, 3.8) is 0 Å². The van der Waals surface area contributed by atoms with E-state index in [1.165, 1.54) is 11.3 Å². The van der Waals surface area contributed by atoms with Gasteiger partial charge in [-0.25, -0.2) is 0 Å². The van der Waals surface area contributed by atoms with Crippen LogP contribution in [-0.4, -0.2) is 24.4 Å². The van der Waals surface area contributed by atoms with Crippen LogP contribution in [0.25, 0.3) is 0 Å². The molecular weight excluding hydrogens is 242 g/mol. The lowest BCUT2D eigenvalue weighted by Gasteiger charge is -2.15. The van der Waals surface area contributed by atoms with Crippen molar-refractivity contribution >= 4 is 34.4 Å². The number of rotatable bonds is 3. The first-order valence-electron chi connectivity index (χ1n) is 4.64. The second-order valence-corrected chi connectivity index (χ2v) is 4.80. The number of methoxy groups -OCH3 is 1. The Hall–Kier alpha value is -1.40. The lowest BCUT2D eigenvalue weighted by Crippen LogP contribution is -2.08. The van der Waals surface area contributed by atoms with Gasteiger partial charge in [0.05, 0.1) is 7.11 Å². The minimum atomic E-state index is 0.671. The van der Waals surface area contributed by atoms with E-state index >= 15 is 0 Å². The van der Waals surface area contributed by atoms with Gasteiger partial charge in [0.25, 0.3) is 0 Å². The Balaban J connectivity index is 2.33. The quantitative estimate of drug-likeness (QED) is 0.854. The molecule has 2 aromatic rings. The fourth-order valence-corrected chi connectivity index (χ4v) is 2.16. The van der Waals surface area contributed by atoms with E-state index < -0.39 is 0 Å². The third kappa shape index (κ3) is 2.23. The topological polar surface area (TPSA) is 41.1 Å². The summed E-state index contributed by atoms with van der Waals surface area (Å²) < 4.78 is 5.85. The molecule has 1 N–H and O–H groups in total. The number of nitrogens with one attached hydrogen (secondary N) is 1. The van der Waals surface area contributed by atoms with Gasteiger partial charge < -0.3 is 9.64 Å². The average Bonchev–Trinajstić information content (AvgIpc) is 2.75. The van der Waals surface area contributed by atoms with Crippen molar-refractivity contribution in [3.05, 3.63) is 28.2 Å². The summed E-state index contributed by atoms with van der Waals surface area (Å²) in [5, 5.41) is 7.71. The van der Waals surface area contributed by atoms with Gasteiger partial charge in [0.15, 0.2) is 3.95 Å². The van der Waals surface area contributed by atoms with Crippen LogP contribution in [0.1, 0.15) is 0 Å². The predicted octanol–water partition coefficient (Wildman–Crippen LogP) is 2.98. The Bertz CT molecular complexity index is 535. The Labute approximate surface area is 102 Å². The molecule has 0 saturated carbocycles. The molecule has 84 valence electrons. The maximum atomic E-state index is 5.17. The smallest absolute Gasteiger partial charge is 0.211 e. The van der Waals surface area contributed by atoms with E-state index in [1.807, 2.05) is 36.2 Å². The van der Waals surface area contributed by atoms with Crippen molar-refractivity contribution in [2.45, 2.75) is 0 Å². The van der Waals surface area contributed by atoms with E-state index in [2.05, 4.69) is 10.2 Å². The highest BCUT2D eigenvalue weighted by Crippen LogP contribution is 2.27. The highest BCUT2D eigenvalue weighted by molar-refractivity contribution is 7.73. The number of hydrogen-bond donors (Lipinski definition) is 1.